The Hall–Kier alpha value is -3.53. The Morgan fingerprint density at radius 2 is 1.12 bits per heavy atom. The van der Waals surface area contributed by atoms with Gasteiger partial charge >= 0.3 is 0 Å². The Labute approximate surface area is 201 Å². The van der Waals surface area contributed by atoms with Crippen LogP contribution in [0.4, 0.5) is 0 Å². The number of carbonyl (C=O) groups excluding carboxylic acids is 1. The number of rotatable bonds is 9. The number of carbonyl (C=O) groups is 1. The SMILES string of the molecule is CC(O)(CC(O)(CCc1ccc(C(=O)c2ccccc2)cc1)c1ccccc1)c1ccccc1. The predicted octanol–water partition coefficient (Wildman–Crippen LogP) is 6.04. The third-order valence-corrected chi connectivity index (χ3v) is 6.42. The van der Waals surface area contributed by atoms with Gasteiger partial charge in [0.05, 0.1) is 11.2 Å². The molecule has 0 aliphatic rings. The molecule has 172 valence electrons. The quantitative estimate of drug-likeness (QED) is 0.306. The van der Waals surface area contributed by atoms with Crippen LogP contribution in [0.1, 0.15) is 52.4 Å². The summed E-state index contributed by atoms with van der Waals surface area (Å²) in [6.07, 6.45) is 1.21. The van der Waals surface area contributed by atoms with Crippen molar-refractivity contribution >= 4 is 5.78 Å². The zero-order valence-electron chi connectivity index (χ0n) is 19.4. The van der Waals surface area contributed by atoms with Crippen LogP contribution in [-0.4, -0.2) is 16.0 Å². The number of ketones is 1. The summed E-state index contributed by atoms with van der Waals surface area (Å²) in [4.78, 5) is 12.7. The van der Waals surface area contributed by atoms with Crippen molar-refractivity contribution in [2.75, 3.05) is 0 Å². The maximum Gasteiger partial charge on any atom is 0.193 e. The summed E-state index contributed by atoms with van der Waals surface area (Å²) < 4.78 is 0. The van der Waals surface area contributed by atoms with Crippen LogP contribution in [-0.2, 0) is 17.6 Å². The van der Waals surface area contributed by atoms with Crippen molar-refractivity contribution in [3.8, 4) is 0 Å². The Balaban J connectivity index is 1.53. The molecule has 3 heteroatoms. The molecular weight excluding hydrogens is 420 g/mol. The molecule has 0 spiro atoms. The smallest absolute Gasteiger partial charge is 0.193 e. The van der Waals surface area contributed by atoms with E-state index in [0.717, 1.165) is 16.7 Å². The predicted molar refractivity (Wildman–Crippen MR) is 136 cm³/mol. The van der Waals surface area contributed by atoms with Crippen LogP contribution in [0.5, 0.6) is 0 Å². The first-order chi connectivity index (χ1) is 16.4. The van der Waals surface area contributed by atoms with Gasteiger partial charge in [0, 0.05) is 17.5 Å². The molecule has 4 aromatic carbocycles. The van der Waals surface area contributed by atoms with Crippen LogP contribution in [0.2, 0.25) is 0 Å². The lowest BCUT2D eigenvalue weighted by molar-refractivity contribution is -0.0676. The second-order valence-corrected chi connectivity index (χ2v) is 9.11. The van der Waals surface area contributed by atoms with Crippen molar-refractivity contribution in [1.82, 2.24) is 0 Å². The van der Waals surface area contributed by atoms with Crippen molar-refractivity contribution in [3.63, 3.8) is 0 Å². The number of aliphatic hydroxyl groups is 2. The van der Waals surface area contributed by atoms with Crippen molar-refractivity contribution in [2.45, 2.75) is 37.4 Å². The molecule has 3 nitrogen and oxygen atoms in total. The standard InChI is InChI=1S/C31H30O3/c1-30(33,27-13-7-3-8-14-27)23-31(34,28-15-9-4-10-16-28)22-21-24-17-19-26(20-18-24)29(32)25-11-5-2-6-12-25/h2-20,33-34H,21-23H2,1H3. The molecule has 34 heavy (non-hydrogen) atoms. The first kappa shape index (κ1) is 23.6. The Morgan fingerprint density at radius 3 is 1.68 bits per heavy atom. The van der Waals surface area contributed by atoms with Crippen molar-refractivity contribution in [1.29, 1.82) is 0 Å². The van der Waals surface area contributed by atoms with E-state index in [1.807, 2.05) is 115 Å². The monoisotopic (exact) mass is 450 g/mol. The molecule has 0 aromatic heterocycles. The molecule has 4 rings (SSSR count). The maximum atomic E-state index is 12.7. The highest BCUT2D eigenvalue weighted by molar-refractivity contribution is 6.08. The first-order valence-corrected chi connectivity index (χ1v) is 11.6. The summed E-state index contributed by atoms with van der Waals surface area (Å²) in [6.45, 7) is 1.75. The van der Waals surface area contributed by atoms with Gasteiger partial charge in [-0.05, 0) is 36.5 Å². The third kappa shape index (κ3) is 5.51. The number of benzene rings is 4. The van der Waals surface area contributed by atoms with Crippen LogP contribution in [0.15, 0.2) is 115 Å². The van der Waals surface area contributed by atoms with Crippen LogP contribution < -0.4 is 0 Å². The van der Waals surface area contributed by atoms with Gasteiger partial charge in [-0.1, -0.05) is 115 Å². The molecule has 0 fully saturated rings. The minimum absolute atomic E-state index is 0.00755. The zero-order chi connectivity index (χ0) is 24.0. The number of hydrogen-bond acceptors (Lipinski definition) is 3. The van der Waals surface area contributed by atoms with E-state index in [4.69, 9.17) is 0 Å². The molecule has 0 radical (unpaired) electrons. The fraction of sp³-hybridized carbons (Fsp3) is 0.194. The molecule has 0 aliphatic carbocycles. The third-order valence-electron chi connectivity index (χ3n) is 6.42. The van der Waals surface area contributed by atoms with E-state index in [9.17, 15) is 15.0 Å². The normalized spacial score (nSPS) is 14.7. The average molecular weight is 451 g/mol. The van der Waals surface area contributed by atoms with Gasteiger partial charge in [-0.2, -0.15) is 0 Å². The second-order valence-electron chi connectivity index (χ2n) is 9.11. The van der Waals surface area contributed by atoms with E-state index >= 15 is 0 Å². The molecular formula is C31H30O3. The first-order valence-electron chi connectivity index (χ1n) is 11.6. The fourth-order valence-corrected chi connectivity index (χ4v) is 4.48. The number of hydrogen-bond donors (Lipinski definition) is 2. The molecule has 0 amide bonds. The topological polar surface area (TPSA) is 57.5 Å². The van der Waals surface area contributed by atoms with E-state index in [-0.39, 0.29) is 12.2 Å². The van der Waals surface area contributed by atoms with Crippen LogP contribution >= 0.6 is 0 Å². The van der Waals surface area contributed by atoms with Gasteiger partial charge < -0.3 is 10.2 Å². The van der Waals surface area contributed by atoms with Gasteiger partial charge in [0.25, 0.3) is 0 Å². The molecule has 0 aliphatic heterocycles. The maximum absolute atomic E-state index is 12.7. The minimum Gasteiger partial charge on any atom is -0.385 e. The molecule has 0 bridgehead atoms. The molecule has 2 N–H and O–H groups in total. The Bertz CT molecular complexity index is 1200. The van der Waals surface area contributed by atoms with Crippen LogP contribution in [0.3, 0.4) is 0 Å². The van der Waals surface area contributed by atoms with Crippen molar-refractivity contribution < 1.29 is 15.0 Å². The van der Waals surface area contributed by atoms with E-state index in [2.05, 4.69) is 0 Å². The van der Waals surface area contributed by atoms with Crippen LogP contribution in [0, 0.1) is 0 Å². The summed E-state index contributed by atoms with van der Waals surface area (Å²) in [7, 11) is 0. The molecule has 0 saturated heterocycles. The van der Waals surface area contributed by atoms with E-state index in [1.54, 1.807) is 6.92 Å². The summed E-state index contributed by atoms with van der Waals surface area (Å²) in [5, 5.41) is 23.1. The largest absolute Gasteiger partial charge is 0.385 e. The van der Waals surface area contributed by atoms with Crippen LogP contribution in [0.25, 0.3) is 0 Å². The highest BCUT2D eigenvalue weighted by atomic mass is 16.3. The molecule has 2 unspecified atom stereocenters. The molecule has 0 heterocycles. The molecule has 4 aromatic rings. The lowest BCUT2D eigenvalue weighted by atomic mass is 9.77. The van der Waals surface area contributed by atoms with Gasteiger partial charge in [0.15, 0.2) is 5.78 Å². The van der Waals surface area contributed by atoms with Gasteiger partial charge in [-0.3, -0.25) is 4.79 Å². The summed E-state index contributed by atoms with van der Waals surface area (Å²) >= 11 is 0. The lowest BCUT2D eigenvalue weighted by Crippen LogP contribution is -2.36. The van der Waals surface area contributed by atoms with E-state index in [0.29, 0.717) is 24.0 Å². The van der Waals surface area contributed by atoms with Gasteiger partial charge in [0.2, 0.25) is 0 Å². The van der Waals surface area contributed by atoms with Crippen molar-refractivity contribution in [3.05, 3.63) is 143 Å². The summed E-state index contributed by atoms with van der Waals surface area (Å²) in [5.74, 6) is -0.00755. The Morgan fingerprint density at radius 1 is 0.647 bits per heavy atom. The minimum atomic E-state index is -1.22. The average Bonchev–Trinajstić information content (AvgIpc) is 2.89. The fourth-order valence-electron chi connectivity index (χ4n) is 4.48. The lowest BCUT2D eigenvalue weighted by Gasteiger charge is -2.36. The number of aryl methyl sites for hydroxylation is 1. The van der Waals surface area contributed by atoms with Crippen molar-refractivity contribution in [2.24, 2.45) is 0 Å². The van der Waals surface area contributed by atoms with E-state index in [1.165, 1.54) is 0 Å². The highest BCUT2D eigenvalue weighted by Gasteiger charge is 2.38. The Kier molecular flexibility index (Phi) is 7.06. The van der Waals surface area contributed by atoms with Gasteiger partial charge in [-0.25, -0.2) is 0 Å². The summed E-state index contributed by atoms with van der Waals surface area (Å²) in [5.41, 5.74) is 1.46. The highest BCUT2D eigenvalue weighted by Crippen LogP contribution is 2.39. The van der Waals surface area contributed by atoms with Gasteiger partial charge in [0.1, 0.15) is 0 Å². The van der Waals surface area contributed by atoms with E-state index < -0.39 is 11.2 Å². The molecule has 2 atom stereocenters. The second kappa shape index (κ2) is 10.2. The molecule has 0 saturated carbocycles. The summed E-state index contributed by atoms with van der Waals surface area (Å²) in [6, 6.07) is 35.8. The van der Waals surface area contributed by atoms with Gasteiger partial charge in [-0.15, -0.1) is 0 Å². The zero-order valence-corrected chi connectivity index (χ0v) is 19.4.